The standard InChI is InChI=1S/C7H11BBrFO3/c1-13-7(10)4-2-3-6(9,5-7)8(11)12/h2-3,11-12H,4-5H2,1H3. The molecule has 74 valence electrons. The molecule has 0 radical (unpaired) electrons. The molecular formula is C7H11BBrFO3. The third-order valence-corrected chi connectivity index (χ3v) is 3.10. The van der Waals surface area contributed by atoms with E-state index in [0.29, 0.717) is 0 Å². The van der Waals surface area contributed by atoms with Gasteiger partial charge in [0, 0.05) is 20.0 Å². The van der Waals surface area contributed by atoms with Gasteiger partial charge in [-0.1, -0.05) is 28.1 Å². The summed E-state index contributed by atoms with van der Waals surface area (Å²) in [5, 5.41) is 18.0. The first-order valence-corrected chi connectivity index (χ1v) is 4.68. The van der Waals surface area contributed by atoms with Crippen molar-refractivity contribution in [1.82, 2.24) is 0 Å². The highest BCUT2D eigenvalue weighted by Gasteiger charge is 2.48. The van der Waals surface area contributed by atoms with Gasteiger partial charge < -0.3 is 14.8 Å². The molecule has 0 heterocycles. The van der Waals surface area contributed by atoms with E-state index in [1.165, 1.54) is 19.3 Å². The Balaban J connectivity index is 2.82. The molecule has 0 fully saturated rings. The highest BCUT2D eigenvalue weighted by molar-refractivity contribution is 9.10. The van der Waals surface area contributed by atoms with Crippen LogP contribution < -0.4 is 0 Å². The second-order valence-electron chi connectivity index (χ2n) is 3.17. The Bertz CT molecular complexity index is 226. The SMILES string of the molecule is COC1(F)CC=CC(Br)(B(O)O)C1. The van der Waals surface area contributed by atoms with E-state index in [1.54, 1.807) is 0 Å². The van der Waals surface area contributed by atoms with Gasteiger partial charge in [0.05, 0.1) is 4.22 Å². The molecule has 1 aliphatic rings. The van der Waals surface area contributed by atoms with Gasteiger partial charge >= 0.3 is 7.12 Å². The van der Waals surface area contributed by atoms with Crippen molar-refractivity contribution in [3.05, 3.63) is 12.2 Å². The van der Waals surface area contributed by atoms with Gasteiger partial charge in [-0.15, -0.1) is 0 Å². The van der Waals surface area contributed by atoms with E-state index >= 15 is 0 Å². The number of methoxy groups -OCH3 is 1. The lowest BCUT2D eigenvalue weighted by molar-refractivity contribution is -0.127. The maximum absolute atomic E-state index is 13.6. The third-order valence-electron chi connectivity index (χ3n) is 2.15. The zero-order valence-electron chi connectivity index (χ0n) is 7.20. The Hall–Kier alpha value is 0.0949. The van der Waals surface area contributed by atoms with E-state index in [-0.39, 0.29) is 12.8 Å². The van der Waals surface area contributed by atoms with Crippen LogP contribution in [0.25, 0.3) is 0 Å². The predicted octanol–water partition coefficient (Wildman–Crippen LogP) is 0.794. The van der Waals surface area contributed by atoms with Crippen molar-refractivity contribution in [2.75, 3.05) is 7.11 Å². The smallest absolute Gasteiger partial charge is 0.426 e. The first-order chi connectivity index (χ1) is 5.92. The Kier molecular flexibility index (Phi) is 3.17. The van der Waals surface area contributed by atoms with Gasteiger partial charge in [0.2, 0.25) is 5.85 Å². The number of rotatable bonds is 2. The van der Waals surface area contributed by atoms with Crippen molar-refractivity contribution < 1.29 is 19.2 Å². The van der Waals surface area contributed by atoms with Crippen LogP contribution in [0.15, 0.2) is 12.2 Å². The van der Waals surface area contributed by atoms with Crippen LogP contribution in [-0.2, 0) is 4.74 Å². The molecule has 2 unspecified atom stereocenters. The number of halogens is 2. The summed E-state index contributed by atoms with van der Waals surface area (Å²) in [6.45, 7) is 0. The number of alkyl halides is 2. The molecule has 2 atom stereocenters. The van der Waals surface area contributed by atoms with E-state index in [9.17, 15) is 4.39 Å². The highest BCUT2D eigenvalue weighted by Crippen LogP contribution is 2.40. The van der Waals surface area contributed by atoms with E-state index < -0.39 is 17.2 Å². The molecule has 0 spiro atoms. The average molecular weight is 253 g/mol. The number of hydrogen-bond acceptors (Lipinski definition) is 3. The van der Waals surface area contributed by atoms with E-state index in [4.69, 9.17) is 10.0 Å². The fourth-order valence-corrected chi connectivity index (χ4v) is 1.90. The monoisotopic (exact) mass is 252 g/mol. The topological polar surface area (TPSA) is 49.7 Å². The summed E-state index contributed by atoms with van der Waals surface area (Å²) in [6.07, 6.45) is 3.07. The normalized spacial score (nSPS) is 39.2. The lowest BCUT2D eigenvalue weighted by atomic mass is 9.67. The van der Waals surface area contributed by atoms with Crippen LogP contribution >= 0.6 is 15.9 Å². The Morgan fingerprint density at radius 3 is 2.69 bits per heavy atom. The van der Waals surface area contributed by atoms with E-state index in [1.807, 2.05) is 0 Å². The molecule has 1 rings (SSSR count). The molecule has 0 saturated carbocycles. The molecule has 0 aromatic heterocycles. The van der Waals surface area contributed by atoms with Crippen molar-refractivity contribution in [2.24, 2.45) is 0 Å². The van der Waals surface area contributed by atoms with Crippen LogP contribution in [0.4, 0.5) is 4.39 Å². The van der Waals surface area contributed by atoms with Crippen LogP contribution in [0.3, 0.4) is 0 Å². The minimum absolute atomic E-state index is 0.120. The van der Waals surface area contributed by atoms with Crippen LogP contribution in [-0.4, -0.2) is 34.4 Å². The molecule has 0 aromatic carbocycles. The first-order valence-electron chi connectivity index (χ1n) is 3.89. The lowest BCUT2D eigenvalue weighted by Gasteiger charge is -2.34. The first kappa shape index (κ1) is 11.2. The Labute approximate surface area is 84.9 Å². The van der Waals surface area contributed by atoms with Crippen molar-refractivity contribution in [2.45, 2.75) is 22.9 Å². The quantitative estimate of drug-likeness (QED) is 0.434. The van der Waals surface area contributed by atoms with Gasteiger partial charge in [-0.2, -0.15) is 0 Å². The zero-order valence-corrected chi connectivity index (χ0v) is 8.79. The van der Waals surface area contributed by atoms with Crippen molar-refractivity contribution in [3.8, 4) is 0 Å². The molecule has 13 heavy (non-hydrogen) atoms. The molecule has 0 bridgehead atoms. The fourth-order valence-electron chi connectivity index (χ4n) is 1.30. The van der Waals surface area contributed by atoms with Crippen LogP contribution in [0.2, 0.25) is 0 Å². The van der Waals surface area contributed by atoms with E-state index in [2.05, 4.69) is 20.7 Å². The van der Waals surface area contributed by atoms with Crippen LogP contribution in [0, 0.1) is 0 Å². The van der Waals surface area contributed by atoms with Crippen LogP contribution in [0.5, 0.6) is 0 Å². The van der Waals surface area contributed by atoms with Crippen molar-refractivity contribution in [3.63, 3.8) is 0 Å². The molecular weight excluding hydrogens is 242 g/mol. The van der Waals surface area contributed by atoms with Gasteiger partial charge in [-0.3, -0.25) is 0 Å². The Morgan fingerprint density at radius 1 is 1.62 bits per heavy atom. The third kappa shape index (κ3) is 2.31. The molecule has 2 N–H and O–H groups in total. The summed E-state index contributed by atoms with van der Waals surface area (Å²) in [5.41, 5.74) is 0. The van der Waals surface area contributed by atoms with Crippen LogP contribution in [0.1, 0.15) is 12.8 Å². The van der Waals surface area contributed by atoms with Crippen molar-refractivity contribution >= 4 is 23.0 Å². The second kappa shape index (κ2) is 3.69. The molecule has 0 aromatic rings. The summed E-state index contributed by atoms with van der Waals surface area (Å²) in [7, 11) is -0.384. The maximum Gasteiger partial charge on any atom is 0.473 e. The zero-order chi connectivity index (χ0) is 10.1. The summed E-state index contributed by atoms with van der Waals surface area (Å²) in [6, 6.07) is 0. The summed E-state index contributed by atoms with van der Waals surface area (Å²) in [5.74, 6) is -1.82. The van der Waals surface area contributed by atoms with Gasteiger partial charge in [-0.05, 0) is 0 Å². The largest absolute Gasteiger partial charge is 0.473 e. The predicted molar refractivity (Wildman–Crippen MR) is 51.1 cm³/mol. The lowest BCUT2D eigenvalue weighted by Crippen LogP contribution is -2.47. The minimum Gasteiger partial charge on any atom is -0.426 e. The Morgan fingerprint density at radius 2 is 2.23 bits per heavy atom. The molecule has 0 saturated heterocycles. The minimum atomic E-state index is -1.82. The summed E-state index contributed by atoms with van der Waals surface area (Å²) in [4.78, 5) is 0. The second-order valence-corrected chi connectivity index (χ2v) is 4.65. The molecule has 6 heteroatoms. The van der Waals surface area contributed by atoms with Gasteiger partial charge in [0.15, 0.2) is 0 Å². The number of allylic oxidation sites excluding steroid dienone is 1. The van der Waals surface area contributed by atoms with Gasteiger partial charge in [-0.25, -0.2) is 4.39 Å². The average Bonchev–Trinajstić information content (AvgIpc) is 2.04. The molecule has 0 aliphatic heterocycles. The number of ether oxygens (including phenoxy) is 1. The van der Waals surface area contributed by atoms with E-state index in [0.717, 1.165) is 0 Å². The maximum atomic E-state index is 13.6. The van der Waals surface area contributed by atoms with Crippen molar-refractivity contribution in [1.29, 1.82) is 0 Å². The fraction of sp³-hybridized carbons (Fsp3) is 0.714. The number of hydrogen-bond donors (Lipinski definition) is 2. The summed E-state index contributed by atoms with van der Waals surface area (Å²) >= 11 is 3.07. The molecule has 1 aliphatic carbocycles. The molecule has 3 nitrogen and oxygen atoms in total. The van der Waals surface area contributed by atoms with Gasteiger partial charge in [0.25, 0.3) is 0 Å². The highest BCUT2D eigenvalue weighted by atomic mass is 79.9. The van der Waals surface area contributed by atoms with Gasteiger partial charge in [0.1, 0.15) is 0 Å². The molecule has 0 amide bonds. The summed E-state index contributed by atoms with van der Waals surface area (Å²) < 4.78 is 17.1.